The van der Waals surface area contributed by atoms with Crippen molar-refractivity contribution in [2.24, 2.45) is 0 Å². The molecule has 0 bridgehead atoms. The SMILES string of the molecule is CC(C)(C=O)N(C(=S)N(S)c1ccc(C#N)c(C(F)(F)F)c1)c1ccc(OCCCCN2CCC(n3ccc4c(N5CCC(=O)NC5=O)cncc43)CC2)cc1. The van der Waals surface area contributed by atoms with Crippen LogP contribution in [0, 0.1) is 11.3 Å². The molecule has 0 atom stereocenters. The third kappa shape index (κ3) is 8.77. The van der Waals surface area contributed by atoms with Gasteiger partial charge < -0.3 is 23.9 Å². The van der Waals surface area contributed by atoms with Gasteiger partial charge in [0.2, 0.25) is 5.91 Å². The number of halogens is 3. The average molecular weight is 807 g/mol. The number of aldehydes is 1. The Kier molecular flexibility index (Phi) is 12.2. The molecule has 2 aromatic heterocycles. The Bertz CT molecular complexity index is 2150. The second-order valence-corrected chi connectivity index (χ2v) is 15.0. The molecule has 4 heterocycles. The fraction of sp³-hybridized carbons (Fsp3) is 0.385. The summed E-state index contributed by atoms with van der Waals surface area (Å²) < 4.78 is 50.3. The number of hydrogen-bond donors (Lipinski definition) is 2. The second kappa shape index (κ2) is 16.9. The highest BCUT2D eigenvalue weighted by Crippen LogP contribution is 2.37. The van der Waals surface area contributed by atoms with E-state index in [4.69, 9.17) is 17.0 Å². The lowest BCUT2D eigenvalue weighted by atomic mass is 10.0. The number of urea groups is 1. The van der Waals surface area contributed by atoms with Crippen molar-refractivity contribution in [1.82, 2.24) is 19.8 Å². The number of amides is 3. The largest absolute Gasteiger partial charge is 0.494 e. The van der Waals surface area contributed by atoms with Crippen LogP contribution in [-0.2, 0) is 15.8 Å². The molecular formula is C39H41F3N8O4S2. The summed E-state index contributed by atoms with van der Waals surface area (Å²) in [7, 11) is 0. The van der Waals surface area contributed by atoms with Gasteiger partial charge in [0.15, 0.2) is 5.11 Å². The first kappa shape index (κ1) is 40.5. The lowest BCUT2D eigenvalue weighted by molar-refractivity contribution is -0.137. The van der Waals surface area contributed by atoms with E-state index in [1.165, 1.54) is 11.0 Å². The van der Waals surface area contributed by atoms with Crippen LogP contribution < -0.4 is 24.2 Å². The number of imide groups is 1. The van der Waals surface area contributed by atoms with Crippen LogP contribution in [0.5, 0.6) is 5.75 Å². The number of likely N-dealkylation sites (tertiary alicyclic amines) is 1. The first-order valence-electron chi connectivity index (χ1n) is 18.1. The van der Waals surface area contributed by atoms with Crippen LogP contribution in [0.1, 0.15) is 63.1 Å². The molecule has 12 nitrogen and oxygen atoms in total. The Morgan fingerprint density at radius 3 is 2.45 bits per heavy atom. The van der Waals surface area contributed by atoms with E-state index in [0.29, 0.717) is 42.6 Å². The Hall–Kier alpha value is -5.18. The van der Waals surface area contributed by atoms with Crippen LogP contribution in [0.15, 0.2) is 67.1 Å². The molecule has 2 fully saturated rings. The molecule has 0 spiro atoms. The molecule has 2 aromatic carbocycles. The van der Waals surface area contributed by atoms with Gasteiger partial charge in [0.05, 0.1) is 58.6 Å². The molecule has 6 rings (SSSR count). The molecule has 0 radical (unpaired) electrons. The number of thiocarbonyl (C=S) groups is 1. The fourth-order valence-corrected chi connectivity index (χ4v) is 7.73. The molecule has 56 heavy (non-hydrogen) atoms. The van der Waals surface area contributed by atoms with Crippen molar-refractivity contribution < 1.29 is 32.3 Å². The summed E-state index contributed by atoms with van der Waals surface area (Å²) >= 11 is 10.0. The lowest BCUT2D eigenvalue weighted by Crippen LogP contribution is -2.52. The summed E-state index contributed by atoms with van der Waals surface area (Å²) in [6, 6.07) is 13.5. The number of rotatable bonds is 12. The molecule has 2 aliphatic rings. The maximum atomic E-state index is 13.7. The van der Waals surface area contributed by atoms with Gasteiger partial charge in [-0.15, -0.1) is 0 Å². The number of pyridine rings is 1. The molecule has 294 valence electrons. The molecule has 1 N–H and O–H groups in total. The van der Waals surface area contributed by atoms with Crippen molar-refractivity contribution in [1.29, 1.82) is 5.26 Å². The third-order valence-corrected chi connectivity index (χ3v) is 11.0. The smallest absolute Gasteiger partial charge is 0.417 e. The number of aromatic nitrogens is 2. The zero-order valence-corrected chi connectivity index (χ0v) is 32.5. The molecule has 0 aliphatic carbocycles. The van der Waals surface area contributed by atoms with Crippen LogP contribution in [0.2, 0.25) is 0 Å². The predicted molar refractivity (Wildman–Crippen MR) is 214 cm³/mol. The van der Waals surface area contributed by atoms with E-state index in [1.807, 2.05) is 12.3 Å². The zero-order valence-electron chi connectivity index (χ0n) is 30.8. The first-order valence-corrected chi connectivity index (χ1v) is 18.9. The minimum atomic E-state index is -4.77. The van der Waals surface area contributed by atoms with Crippen LogP contribution in [0.3, 0.4) is 0 Å². The number of anilines is 3. The van der Waals surface area contributed by atoms with Gasteiger partial charge in [0.25, 0.3) is 0 Å². The van der Waals surface area contributed by atoms with Crippen molar-refractivity contribution in [3.8, 4) is 11.8 Å². The number of hydrogen-bond acceptors (Lipinski definition) is 9. The number of nitrogens with one attached hydrogen (secondary N) is 1. The Balaban J connectivity index is 0.990. The molecule has 0 saturated carbocycles. The van der Waals surface area contributed by atoms with Crippen LogP contribution in [-0.4, -0.2) is 76.1 Å². The van der Waals surface area contributed by atoms with E-state index in [9.17, 15) is 32.8 Å². The van der Waals surface area contributed by atoms with E-state index in [0.717, 1.165) is 72.7 Å². The number of carbonyl (C=O) groups is 3. The van der Waals surface area contributed by atoms with Crippen molar-refractivity contribution >= 4 is 76.3 Å². The van der Waals surface area contributed by atoms with Crippen molar-refractivity contribution in [2.75, 3.05) is 46.9 Å². The summed E-state index contributed by atoms with van der Waals surface area (Å²) in [4.78, 5) is 46.2. The molecule has 2 saturated heterocycles. The number of ether oxygens (including phenoxy) is 1. The first-order chi connectivity index (χ1) is 26.7. The van der Waals surface area contributed by atoms with Gasteiger partial charge in [-0.1, -0.05) is 12.8 Å². The summed E-state index contributed by atoms with van der Waals surface area (Å²) in [6.45, 7) is 6.90. The number of benzene rings is 2. The summed E-state index contributed by atoms with van der Waals surface area (Å²) in [6.07, 6.45) is 5.47. The van der Waals surface area contributed by atoms with E-state index in [1.54, 1.807) is 55.3 Å². The van der Waals surface area contributed by atoms with Crippen LogP contribution in [0.4, 0.5) is 35.0 Å². The maximum absolute atomic E-state index is 13.7. The number of piperidine rings is 1. The van der Waals surface area contributed by atoms with Crippen molar-refractivity contribution in [2.45, 2.75) is 63.7 Å². The maximum Gasteiger partial charge on any atom is 0.417 e. The van der Waals surface area contributed by atoms with Gasteiger partial charge in [-0.3, -0.25) is 24.3 Å². The van der Waals surface area contributed by atoms with Crippen LogP contribution >= 0.6 is 25.0 Å². The topological polar surface area (TPSA) is 127 Å². The third-order valence-electron chi connectivity index (χ3n) is 10.1. The number of nitriles is 1. The van der Waals surface area contributed by atoms with Crippen molar-refractivity contribution in [3.63, 3.8) is 0 Å². The molecule has 17 heteroatoms. The minimum Gasteiger partial charge on any atom is -0.494 e. The number of carbonyl (C=O) groups excluding carboxylic acids is 3. The molecule has 0 unspecified atom stereocenters. The fourth-order valence-electron chi connectivity index (χ4n) is 7.07. The average Bonchev–Trinajstić information content (AvgIpc) is 3.62. The predicted octanol–water partition coefficient (Wildman–Crippen LogP) is 7.29. The van der Waals surface area contributed by atoms with E-state index in [2.05, 4.69) is 38.8 Å². The van der Waals surface area contributed by atoms with Gasteiger partial charge in [-0.25, -0.2) is 4.79 Å². The van der Waals surface area contributed by atoms with E-state index >= 15 is 0 Å². The molecule has 4 aromatic rings. The zero-order chi connectivity index (χ0) is 40.2. The number of fused-ring (bicyclic) bond motifs is 1. The standard InChI is InChI=1S/C39H41F3N8O4S2/c1-38(2,25-51)49(37(55)50(56)29-6-5-26(22-43)32(21-29)39(40,41)42)28-7-9-30(10-8-28)54-20-4-3-15-46-16-11-27(12-17-46)47-18-13-31-33(47)23-44-24-34(31)48-19-14-35(52)45-36(48)53/h5-10,13,18,21,23-25,27,56H,3-4,11-12,14-17,19-20H2,1-2H3,(H,45,52,53). The summed E-state index contributed by atoms with van der Waals surface area (Å²) in [5.41, 5.74) is -0.690. The van der Waals surface area contributed by atoms with Gasteiger partial charge >= 0.3 is 12.2 Å². The quantitative estimate of drug-likeness (QED) is 0.0653. The summed E-state index contributed by atoms with van der Waals surface area (Å²) in [5, 5.41) is 12.4. The van der Waals surface area contributed by atoms with Gasteiger partial charge in [-0.2, -0.15) is 18.4 Å². The van der Waals surface area contributed by atoms with Crippen molar-refractivity contribution in [3.05, 3.63) is 78.2 Å². The summed E-state index contributed by atoms with van der Waals surface area (Å²) in [5.74, 6) is 0.338. The van der Waals surface area contributed by atoms with Gasteiger partial charge in [0, 0.05) is 49.4 Å². The molecule has 2 aliphatic heterocycles. The van der Waals surface area contributed by atoms with Gasteiger partial charge in [0.1, 0.15) is 12.0 Å². The highest BCUT2D eigenvalue weighted by molar-refractivity contribution is 7.87. The number of unbranched alkanes of at least 4 members (excludes halogenated alkanes) is 1. The minimum absolute atomic E-state index is 0.0200. The molecule has 3 amide bonds. The highest BCUT2D eigenvalue weighted by Gasteiger charge is 2.36. The Labute approximate surface area is 333 Å². The Morgan fingerprint density at radius 1 is 1.07 bits per heavy atom. The highest BCUT2D eigenvalue weighted by atomic mass is 32.1. The van der Waals surface area contributed by atoms with Crippen LogP contribution in [0.25, 0.3) is 10.9 Å². The Morgan fingerprint density at radius 2 is 1.79 bits per heavy atom. The second-order valence-electron chi connectivity index (χ2n) is 14.2. The number of thiol groups is 1. The normalized spacial score (nSPS) is 15.7. The van der Waals surface area contributed by atoms with Gasteiger partial charge in [-0.05, 0) is 107 Å². The van der Waals surface area contributed by atoms with E-state index in [-0.39, 0.29) is 23.1 Å². The number of alkyl halides is 3. The monoisotopic (exact) mass is 806 g/mol. The molecular weight excluding hydrogens is 766 g/mol. The number of nitrogens with zero attached hydrogens (tertiary/aromatic N) is 7. The lowest BCUT2D eigenvalue weighted by Gasteiger charge is -2.39. The van der Waals surface area contributed by atoms with E-state index < -0.39 is 28.9 Å².